The molecule has 6 fully saturated rings. The summed E-state index contributed by atoms with van der Waals surface area (Å²) in [5.74, 6) is -0.171. The van der Waals surface area contributed by atoms with E-state index in [2.05, 4.69) is 0 Å². The summed E-state index contributed by atoms with van der Waals surface area (Å²) in [6, 6.07) is 0. The Kier molecular flexibility index (Phi) is 7.24. The molecule has 0 spiro atoms. The van der Waals surface area contributed by atoms with Crippen LogP contribution in [-0.2, 0) is 38.2 Å². The molecule has 8 heteroatoms. The molecular weight excluding hydrogens is 500 g/mol. The maximum atomic E-state index is 14.0. The summed E-state index contributed by atoms with van der Waals surface area (Å²) in [5.41, 5.74) is -3.88. The quantitative estimate of drug-likeness (QED) is 0.220. The van der Waals surface area contributed by atoms with Gasteiger partial charge in [-0.1, -0.05) is 6.92 Å². The van der Waals surface area contributed by atoms with E-state index in [0.717, 1.165) is 19.3 Å². The van der Waals surface area contributed by atoms with Crippen molar-refractivity contribution in [3.63, 3.8) is 0 Å². The van der Waals surface area contributed by atoms with Crippen molar-refractivity contribution in [1.82, 2.24) is 0 Å². The van der Waals surface area contributed by atoms with E-state index >= 15 is 0 Å². The highest BCUT2D eigenvalue weighted by Crippen LogP contribution is 2.58. The third-order valence-electron chi connectivity index (χ3n) is 10.6. The third-order valence-corrected chi connectivity index (χ3v) is 10.6. The van der Waals surface area contributed by atoms with E-state index < -0.39 is 45.9 Å². The Hall–Kier alpha value is -2.25. The van der Waals surface area contributed by atoms with E-state index in [0.29, 0.717) is 43.4 Å². The van der Waals surface area contributed by atoms with Gasteiger partial charge in [-0.25, -0.2) is 0 Å². The Labute approximate surface area is 231 Å². The molecule has 4 unspecified atom stereocenters. The van der Waals surface area contributed by atoms with Crippen LogP contribution in [0.1, 0.15) is 118 Å². The fraction of sp³-hybridized carbons (Fsp3) is 0.839. The number of hydrogen-bond acceptors (Lipinski definition) is 8. The average Bonchev–Trinajstić information content (AvgIpc) is 3.07. The minimum Gasteiger partial charge on any atom is -0.461 e. The van der Waals surface area contributed by atoms with Gasteiger partial charge in [-0.05, 0) is 109 Å². The molecule has 1 aliphatic heterocycles. The lowest BCUT2D eigenvalue weighted by molar-refractivity contribution is -0.199. The van der Waals surface area contributed by atoms with Crippen LogP contribution in [0.5, 0.6) is 0 Å². The van der Waals surface area contributed by atoms with Crippen LogP contribution in [0.25, 0.3) is 0 Å². The highest BCUT2D eigenvalue weighted by molar-refractivity contribution is 5.97. The smallest absolute Gasteiger partial charge is 0.320 e. The normalized spacial score (nSPS) is 38.6. The molecule has 6 aliphatic rings. The van der Waals surface area contributed by atoms with Gasteiger partial charge in [-0.2, -0.15) is 0 Å². The minimum atomic E-state index is -1.27. The van der Waals surface area contributed by atoms with Crippen molar-refractivity contribution in [3.05, 3.63) is 0 Å². The number of carbonyl (C=O) groups is 5. The summed E-state index contributed by atoms with van der Waals surface area (Å²) in [6.07, 6.45) is 8.33. The van der Waals surface area contributed by atoms with Gasteiger partial charge < -0.3 is 14.2 Å². The first kappa shape index (κ1) is 28.3. The lowest BCUT2D eigenvalue weighted by Gasteiger charge is -2.56. The molecule has 5 aliphatic carbocycles. The second-order valence-corrected chi connectivity index (χ2v) is 14.5. The number of esters is 4. The van der Waals surface area contributed by atoms with E-state index in [1.807, 2.05) is 13.8 Å². The molecule has 1 heterocycles. The van der Waals surface area contributed by atoms with Gasteiger partial charge in [-0.3, -0.25) is 24.0 Å². The summed E-state index contributed by atoms with van der Waals surface area (Å²) in [4.78, 5) is 64.6. The van der Waals surface area contributed by atoms with Gasteiger partial charge in [0.1, 0.15) is 17.5 Å². The third kappa shape index (κ3) is 5.54. The molecular formula is C31H44O8. The van der Waals surface area contributed by atoms with Crippen LogP contribution in [0.3, 0.4) is 0 Å². The van der Waals surface area contributed by atoms with Crippen molar-refractivity contribution in [2.45, 2.75) is 129 Å². The molecule has 0 amide bonds. The van der Waals surface area contributed by atoms with Crippen LogP contribution < -0.4 is 0 Å². The molecule has 5 saturated carbocycles. The van der Waals surface area contributed by atoms with Crippen LogP contribution in [0.2, 0.25) is 0 Å². The highest BCUT2D eigenvalue weighted by atomic mass is 16.6. The maximum absolute atomic E-state index is 14.0. The SMILES string of the molecule is CCC(C)(CC(C)(CC1(C)CC(=O)OC1=O)C(=O)OC1CCCC(=O)C1)C(=O)OC12CC3CC(CC(C3)C1)C2. The topological polar surface area (TPSA) is 113 Å². The van der Waals surface area contributed by atoms with Crippen molar-refractivity contribution in [1.29, 1.82) is 0 Å². The van der Waals surface area contributed by atoms with Gasteiger partial charge in [0.15, 0.2) is 0 Å². The van der Waals surface area contributed by atoms with Gasteiger partial charge in [0.05, 0.1) is 22.7 Å². The molecule has 39 heavy (non-hydrogen) atoms. The summed E-state index contributed by atoms with van der Waals surface area (Å²) in [7, 11) is 0. The number of rotatable bonds is 9. The monoisotopic (exact) mass is 544 g/mol. The van der Waals surface area contributed by atoms with E-state index in [-0.39, 0.29) is 37.4 Å². The van der Waals surface area contributed by atoms with E-state index in [1.165, 1.54) is 19.3 Å². The Morgan fingerprint density at radius 2 is 1.59 bits per heavy atom. The van der Waals surface area contributed by atoms with E-state index in [1.54, 1.807) is 13.8 Å². The van der Waals surface area contributed by atoms with Crippen LogP contribution in [0.4, 0.5) is 0 Å². The Bertz CT molecular complexity index is 1030. The van der Waals surface area contributed by atoms with Crippen LogP contribution in [-0.4, -0.2) is 41.4 Å². The Morgan fingerprint density at radius 3 is 2.10 bits per heavy atom. The summed E-state index contributed by atoms with van der Waals surface area (Å²) in [5, 5.41) is 0. The first-order valence-electron chi connectivity index (χ1n) is 15.0. The van der Waals surface area contributed by atoms with Gasteiger partial charge in [0.2, 0.25) is 0 Å². The van der Waals surface area contributed by atoms with Crippen molar-refractivity contribution >= 4 is 29.7 Å². The zero-order valence-electron chi connectivity index (χ0n) is 24.0. The van der Waals surface area contributed by atoms with E-state index in [4.69, 9.17) is 14.2 Å². The Morgan fingerprint density at radius 1 is 0.974 bits per heavy atom. The number of ether oxygens (including phenoxy) is 3. The number of ketones is 1. The second-order valence-electron chi connectivity index (χ2n) is 14.5. The first-order valence-corrected chi connectivity index (χ1v) is 15.0. The predicted molar refractivity (Wildman–Crippen MR) is 140 cm³/mol. The van der Waals surface area contributed by atoms with Crippen LogP contribution in [0, 0.1) is 34.0 Å². The largest absolute Gasteiger partial charge is 0.461 e. The predicted octanol–water partition coefficient (Wildman–Crippen LogP) is 5.24. The average molecular weight is 545 g/mol. The zero-order chi connectivity index (χ0) is 28.2. The molecule has 0 radical (unpaired) electrons. The molecule has 8 nitrogen and oxygen atoms in total. The molecule has 4 atom stereocenters. The number of carbonyl (C=O) groups excluding carboxylic acids is 5. The molecule has 216 valence electrons. The molecule has 0 aromatic heterocycles. The van der Waals surface area contributed by atoms with Gasteiger partial charge in [-0.15, -0.1) is 0 Å². The summed E-state index contributed by atoms with van der Waals surface area (Å²) in [6.45, 7) is 7.10. The summed E-state index contributed by atoms with van der Waals surface area (Å²) >= 11 is 0. The molecule has 6 rings (SSSR count). The van der Waals surface area contributed by atoms with E-state index in [9.17, 15) is 24.0 Å². The standard InChI is InChI=1S/C31H44O8/c1-5-28(2,27(36)39-31-13-19-9-20(14-31)11-21(10-19)15-31)17-30(4,18-29(3)16-24(33)38-25(29)34)26(35)37-23-8-6-7-22(32)12-23/h19-21,23H,5-18H2,1-4H3. The van der Waals surface area contributed by atoms with Crippen molar-refractivity contribution in [3.8, 4) is 0 Å². The molecule has 0 N–H and O–H groups in total. The highest BCUT2D eigenvalue weighted by Gasteiger charge is 2.57. The minimum absolute atomic E-state index is 0.00427. The van der Waals surface area contributed by atoms with Gasteiger partial charge >= 0.3 is 23.9 Å². The fourth-order valence-corrected chi connectivity index (χ4v) is 8.91. The molecule has 0 aromatic carbocycles. The molecule has 4 bridgehead atoms. The number of Topliss-reactive ketones (excluding diaryl/α,β-unsaturated/α-hetero) is 1. The second kappa shape index (κ2) is 9.99. The van der Waals surface area contributed by atoms with Crippen molar-refractivity contribution in [2.75, 3.05) is 0 Å². The maximum Gasteiger partial charge on any atom is 0.320 e. The zero-order valence-corrected chi connectivity index (χ0v) is 24.0. The van der Waals surface area contributed by atoms with Gasteiger partial charge in [0, 0.05) is 12.8 Å². The number of hydrogen-bond donors (Lipinski definition) is 0. The van der Waals surface area contributed by atoms with Gasteiger partial charge in [0.25, 0.3) is 0 Å². The lowest BCUT2D eigenvalue weighted by Crippen LogP contribution is -2.54. The summed E-state index contributed by atoms with van der Waals surface area (Å²) < 4.78 is 17.2. The van der Waals surface area contributed by atoms with Crippen LogP contribution in [0.15, 0.2) is 0 Å². The lowest BCUT2D eigenvalue weighted by atomic mass is 9.54. The molecule has 1 saturated heterocycles. The number of cyclic esters (lactones) is 2. The van der Waals surface area contributed by atoms with Crippen molar-refractivity contribution < 1.29 is 38.2 Å². The van der Waals surface area contributed by atoms with Crippen LogP contribution >= 0.6 is 0 Å². The molecule has 0 aromatic rings. The fourth-order valence-electron chi connectivity index (χ4n) is 8.91. The Balaban J connectivity index is 1.38. The first-order chi connectivity index (χ1) is 18.3. The van der Waals surface area contributed by atoms with Crippen molar-refractivity contribution in [2.24, 2.45) is 34.0 Å².